The van der Waals surface area contributed by atoms with Crippen LogP contribution in [0.2, 0.25) is 0 Å². The molecule has 0 aliphatic carbocycles. The molecule has 0 fully saturated rings. The van der Waals surface area contributed by atoms with Gasteiger partial charge in [0.25, 0.3) is 0 Å². The third-order valence-electron chi connectivity index (χ3n) is 2.89. The van der Waals surface area contributed by atoms with Gasteiger partial charge in [-0.05, 0) is 25.1 Å². The smallest absolute Gasteiger partial charge is 0.150 e. The maximum Gasteiger partial charge on any atom is 0.150 e. The summed E-state index contributed by atoms with van der Waals surface area (Å²) in [6.07, 6.45) is 3.43. The summed E-state index contributed by atoms with van der Waals surface area (Å²) in [5, 5.41) is 0. The number of fused-ring (bicyclic) bond motifs is 1. The predicted octanol–water partition coefficient (Wildman–Crippen LogP) is 2.47. The fraction of sp³-hybridized carbons (Fsp3) is 0.333. The molecule has 0 amide bonds. The standard InChI is InChI=1S/C12H13NO2/c1-12(15-2)5-6-13-11-4-3-9(8-14)7-10(11)12/h3-4,6-8H,5H2,1-2H3. The molecule has 1 aromatic rings. The molecule has 0 bridgehead atoms. The van der Waals surface area contributed by atoms with Crippen molar-refractivity contribution in [3.8, 4) is 0 Å². The predicted molar refractivity (Wildman–Crippen MR) is 59.0 cm³/mol. The van der Waals surface area contributed by atoms with Crippen molar-refractivity contribution in [1.82, 2.24) is 0 Å². The number of nitrogens with zero attached hydrogens (tertiary/aromatic N) is 1. The van der Waals surface area contributed by atoms with E-state index in [-0.39, 0.29) is 5.60 Å². The lowest BCUT2D eigenvalue weighted by atomic mass is 9.88. The molecule has 0 radical (unpaired) electrons. The molecular weight excluding hydrogens is 190 g/mol. The number of rotatable bonds is 2. The zero-order valence-corrected chi connectivity index (χ0v) is 8.86. The molecule has 1 aliphatic heterocycles. The molecule has 1 aromatic carbocycles. The number of hydrogen-bond donors (Lipinski definition) is 0. The highest BCUT2D eigenvalue weighted by molar-refractivity contribution is 5.79. The van der Waals surface area contributed by atoms with Gasteiger partial charge in [-0.15, -0.1) is 0 Å². The summed E-state index contributed by atoms with van der Waals surface area (Å²) in [6.45, 7) is 2.01. The molecule has 0 saturated carbocycles. The zero-order chi connectivity index (χ0) is 10.9. The molecule has 2 rings (SSSR count). The Kier molecular flexibility index (Phi) is 2.40. The maximum atomic E-state index is 10.7. The minimum atomic E-state index is -0.365. The van der Waals surface area contributed by atoms with Crippen molar-refractivity contribution in [2.75, 3.05) is 7.11 Å². The van der Waals surface area contributed by atoms with E-state index in [4.69, 9.17) is 4.74 Å². The van der Waals surface area contributed by atoms with Crippen LogP contribution in [0.3, 0.4) is 0 Å². The highest BCUT2D eigenvalue weighted by atomic mass is 16.5. The van der Waals surface area contributed by atoms with Crippen LogP contribution in [0.5, 0.6) is 0 Å². The topological polar surface area (TPSA) is 38.7 Å². The van der Waals surface area contributed by atoms with Gasteiger partial charge >= 0.3 is 0 Å². The summed E-state index contributed by atoms with van der Waals surface area (Å²) in [6, 6.07) is 5.47. The molecular formula is C12H13NO2. The number of carbonyl (C=O) groups is 1. The van der Waals surface area contributed by atoms with Crippen molar-refractivity contribution in [2.45, 2.75) is 18.9 Å². The van der Waals surface area contributed by atoms with Crippen LogP contribution in [0.4, 0.5) is 5.69 Å². The maximum absolute atomic E-state index is 10.7. The van der Waals surface area contributed by atoms with E-state index in [0.29, 0.717) is 5.56 Å². The first-order valence-electron chi connectivity index (χ1n) is 4.87. The van der Waals surface area contributed by atoms with E-state index in [1.165, 1.54) is 0 Å². The third kappa shape index (κ3) is 1.59. The van der Waals surface area contributed by atoms with Gasteiger partial charge < -0.3 is 4.74 Å². The van der Waals surface area contributed by atoms with Crippen molar-refractivity contribution < 1.29 is 9.53 Å². The van der Waals surface area contributed by atoms with E-state index in [1.807, 2.05) is 25.3 Å². The number of carbonyl (C=O) groups excluding carboxylic acids is 1. The molecule has 0 N–H and O–H groups in total. The van der Waals surface area contributed by atoms with Crippen molar-refractivity contribution >= 4 is 18.2 Å². The van der Waals surface area contributed by atoms with Crippen LogP contribution < -0.4 is 0 Å². The van der Waals surface area contributed by atoms with Crippen molar-refractivity contribution in [3.63, 3.8) is 0 Å². The number of methoxy groups -OCH3 is 1. The second kappa shape index (κ2) is 3.59. The van der Waals surface area contributed by atoms with E-state index < -0.39 is 0 Å². The lowest BCUT2D eigenvalue weighted by Crippen LogP contribution is -2.27. The molecule has 0 aromatic heterocycles. The Bertz CT molecular complexity index is 426. The van der Waals surface area contributed by atoms with Gasteiger partial charge in [0.1, 0.15) is 6.29 Å². The highest BCUT2D eigenvalue weighted by Gasteiger charge is 2.30. The average molecular weight is 203 g/mol. The Morgan fingerprint density at radius 3 is 3.00 bits per heavy atom. The van der Waals surface area contributed by atoms with Gasteiger partial charge in [-0.25, -0.2) is 0 Å². The molecule has 78 valence electrons. The Labute approximate surface area is 88.8 Å². The number of aldehydes is 1. The quantitative estimate of drug-likeness (QED) is 0.692. The van der Waals surface area contributed by atoms with E-state index in [1.54, 1.807) is 13.2 Å². The molecule has 0 spiro atoms. The average Bonchev–Trinajstić information content (AvgIpc) is 2.29. The van der Waals surface area contributed by atoms with Crippen molar-refractivity contribution in [3.05, 3.63) is 29.3 Å². The van der Waals surface area contributed by atoms with Crippen LogP contribution in [0.15, 0.2) is 23.2 Å². The second-order valence-corrected chi connectivity index (χ2v) is 3.85. The molecule has 15 heavy (non-hydrogen) atoms. The lowest BCUT2D eigenvalue weighted by molar-refractivity contribution is 0.00870. The van der Waals surface area contributed by atoms with Crippen LogP contribution in [0.25, 0.3) is 0 Å². The first-order valence-corrected chi connectivity index (χ1v) is 4.87. The van der Waals surface area contributed by atoms with Gasteiger partial charge in [-0.2, -0.15) is 0 Å². The first-order chi connectivity index (χ1) is 7.19. The molecule has 1 heterocycles. The SMILES string of the molecule is COC1(C)CC=Nc2ccc(C=O)cc21. The van der Waals surface area contributed by atoms with E-state index in [9.17, 15) is 4.79 Å². The number of ether oxygens (including phenoxy) is 1. The van der Waals surface area contributed by atoms with Crippen molar-refractivity contribution in [2.24, 2.45) is 4.99 Å². The fourth-order valence-electron chi connectivity index (χ4n) is 1.78. The van der Waals surface area contributed by atoms with E-state index in [0.717, 1.165) is 24.0 Å². The normalized spacial score (nSPS) is 23.6. The largest absolute Gasteiger partial charge is 0.373 e. The number of hydrogen-bond acceptors (Lipinski definition) is 3. The lowest BCUT2D eigenvalue weighted by Gasteiger charge is -2.31. The van der Waals surface area contributed by atoms with Gasteiger partial charge in [-0.1, -0.05) is 0 Å². The van der Waals surface area contributed by atoms with Crippen molar-refractivity contribution in [1.29, 1.82) is 0 Å². The summed E-state index contributed by atoms with van der Waals surface area (Å²) < 4.78 is 5.50. The Morgan fingerprint density at radius 2 is 2.33 bits per heavy atom. The van der Waals surface area contributed by atoms with Crippen LogP contribution in [-0.4, -0.2) is 19.6 Å². The summed E-state index contributed by atoms with van der Waals surface area (Å²) in [4.78, 5) is 15.0. The highest BCUT2D eigenvalue weighted by Crippen LogP contribution is 2.38. The summed E-state index contributed by atoms with van der Waals surface area (Å²) in [7, 11) is 1.68. The van der Waals surface area contributed by atoms with E-state index in [2.05, 4.69) is 4.99 Å². The molecule has 3 heteroatoms. The Morgan fingerprint density at radius 1 is 1.53 bits per heavy atom. The van der Waals surface area contributed by atoms with Gasteiger partial charge in [0.05, 0.1) is 11.3 Å². The van der Waals surface area contributed by atoms with E-state index >= 15 is 0 Å². The fourth-order valence-corrected chi connectivity index (χ4v) is 1.78. The van der Waals surface area contributed by atoms with Crippen LogP contribution >= 0.6 is 0 Å². The second-order valence-electron chi connectivity index (χ2n) is 3.85. The zero-order valence-electron chi connectivity index (χ0n) is 8.86. The summed E-state index contributed by atoms with van der Waals surface area (Å²) in [5.41, 5.74) is 2.17. The molecule has 3 nitrogen and oxygen atoms in total. The van der Waals surface area contributed by atoms with Crippen LogP contribution in [0.1, 0.15) is 29.3 Å². The van der Waals surface area contributed by atoms with Gasteiger partial charge in [0, 0.05) is 30.9 Å². The summed E-state index contributed by atoms with van der Waals surface area (Å²) >= 11 is 0. The molecule has 1 aliphatic rings. The van der Waals surface area contributed by atoms with Gasteiger partial charge in [0.2, 0.25) is 0 Å². The van der Waals surface area contributed by atoms with Crippen LogP contribution in [-0.2, 0) is 10.3 Å². The third-order valence-corrected chi connectivity index (χ3v) is 2.89. The minimum Gasteiger partial charge on any atom is -0.373 e. The number of benzene rings is 1. The minimum absolute atomic E-state index is 0.365. The monoisotopic (exact) mass is 203 g/mol. The Hall–Kier alpha value is -1.48. The van der Waals surface area contributed by atoms with Gasteiger partial charge in [0.15, 0.2) is 0 Å². The Balaban J connectivity index is 2.58. The summed E-state index contributed by atoms with van der Waals surface area (Å²) in [5.74, 6) is 0. The molecule has 1 unspecified atom stereocenters. The van der Waals surface area contributed by atoms with Gasteiger partial charge in [-0.3, -0.25) is 9.79 Å². The number of aliphatic imine (C=N–C) groups is 1. The molecule has 1 atom stereocenters. The van der Waals surface area contributed by atoms with Crippen LogP contribution in [0, 0.1) is 0 Å². The first kappa shape index (κ1) is 10.1. The molecule has 0 saturated heterocycles.